The molecule has 2 aliphatic heterocycles. The minimum Gasteiger partial charge on any atom is -0.345 e. The summed E-state index contributed by atoms with van der Waals surface area (Å²) in [5.74, 6) is -0.563. The molecule has 1 N–H and O–H groups in total. The van der Waals surface area contributed by atoms with Crippen molar-refractivity contribution in [1.29, 1.82) is 0 Å². The number of piperidine rings is 1. The summed E-state index contributed by atoms with van der Waals surface area (Å²) in [6.45, 7) is 3.64. The zero-order valence-electron chi connectivity index (χ0n) is 22.0. The molecule has 0 aliphatic carbocycles. The molecule has 2 aromatic carbocycles. The predicted octanol–water partition coefficient (Wildman–Crippen LogP) is 3.74. The lowest BCUT2D eigenvalue weighted by Gasteiger charge is -2.34. The van der Waals surface area contributed by atoms with Crippen molar-refractivity contribution >= 4 is 33.7 Å². The number of aryl methyl sites for hydroxylation is 2. The molecule has 2 amide bonds. The number of hydrogen-bond donors (Lipinski definition) is 1. The van der Waals surface area contributed by atoms with E-state index in [1.165, 1.54) is 27.4 Å². The van der Waals surface area contributed by atoms with Gasteiger partial charge in [-0.15, -0.1) is 0 Å². The van der Waals surface area contributed by atoms with Gasteiger partial charge in [-0.3, -0.25) is 14.6 Å². The largest absolute Gasteiger partial charge is 0.416 e. The van der Waals surface area contributed by atoms with Crippen molar-refractivity contribution in [2.75, 3.05) is 27.2 Å². The molecule has 4 rings (SSSR count). The van der Waals surface area contributed by atoms with Crippen molar-refractivity contribution in [3.05, 3.63) is 75.2 Å². The molecule has 2 heterocycles. The van der Waals surface area contributed by atoms with E-state index in [1.54, 1.807) is 40.1 Å². The molecule has 39 heavy (non-hydrogen) atoms. The van der Waals surface area contributed by atoms with Crippen molar-refractivity contribution in [1.82, 2.24) is 14.5 Å². The number of nitrogens with zero attached hydrogens (tertiary/aromatic N) is 3. The second-order valence-electron chi connectivity index (χ2n) is 9.99. The zero-order chi connectivity index (χ0) is 28.8. The average Bonchev–Trinajstić information content (AvgIpc) is 3.18. The van der Waals surface area contributed by atoms with Crippen LogP contribution < -0.4 is 5.32 Å². The van der Waals surface area contributed by atoms with Crippen LogP contribution >= 0.6 is 0 Å². The summed E-state index contributed by atoms with van der Waals surface area (Å²) in [6.07, 6.45) is -2.85. The molecule has 12 heteroatoms. The van der Waals surface area contributed by atoms with Crippen LogP contribution in [0, 0.1) is 13.8 Å². The molecule has 1 fully saturated rings. The number of amides is 2. The van der Waals surface area contributed by atoms with Gasteiger partial charge in [0.25, 0.3) is 11.8 Å². The van der Waals surface area contributed by atoms with Crippen LogP contribution in [0.25, 0.3) is 6.08 Å². The van der Waals surface area contributed by atoms with Gasteiger partial charge in [0, 0.05) is 43.7 Å². The fourth-order valence-electron chi connectivity index (χ4n) is 4.80. The summed E-state index contributed by atoms with van der Waals surface area (Å²) in [5, 5.41) is 3.69. The quantitative estimate of drug-likeness (QED) is 0.600. The van der Waals surface area contributed by atoms with Crippen molar-refractivity contribution in [2.24, 2.45) is 4.99 Å². The van der Waals surface area contributed by atoms with E-state index in [1.807, 2.05) is 0 Å². The highest BCUT2D eigenvalue weighted by Crippen LogP contribution is 2.34. The molecule has 1 saturated heterocycles. The Morgan fingerprint density at radius 3 is 2.28 bits per heavy atom. The van der Waals surface area contributed by atoms with Gasteiger partial charge in [0.1, 0.15) is 11.4 Å². The summed E-state index contributed by atoms with van der Waals surface area (Å²) in [7, 11) is -0.523. The topological polar surface area (TPSA) is 99.2 Å². The Hall–Kier alpha value is -3.51. The average molecular weight is 563 g/mol. The molecular formula is C27H29F3N4O4S. The Morgan fingerprint density at radius 1 is 1.10 bits per heavy atom. The van der Waals surface area contributed by atoms with Gasteiger partial charge in [0.05, 0.1) is 5.56 Å². The third-order valence-electron chi connectivity index (χ3n) is 7.01. The Kier molecular flexibility index (Phi) is 7.48. The van der Waals surface area contributed by atoms with Crippen LogP contribution in [0.1, 0.15) is 51.0 Å². The highest BCUT2D eigenvalue weighted by molar-refractivity contribution is 7.92. The number of aliphatic imine (C=N–C) groups is 1. The maximum Gasteiger partial charge on any atom is 0.416 e. The monoisotopic (exact) mass is 562 g/mol. The van der Waals surface area contributed by atoms with E-state index in [0.29, 0.717) is 11.1 Å². The first-order valence-electron chi connectivity index (χ1n) is 12.2. The number of sulfonamides is 1. The van der Waals surface area contributed by atoms with Gasteiger partial charge >= 0.3 is 6.18 Å². The molecule has 0 radical (unpaired) electrons. The van der Waals surface area contributed by atoms with Gasteiger partial charge in [0.2, 0.25) is 10.0 Å². The number of nitrogens with one attached hydrogen (secondary N) is 1. The molecule has 0 saturated carbocycles. The minimum atomic E-state index is -4.53. The van der Waals surface area contributed by atoms with Gasteiger partial charge in [-0.2, -0.15) is 17.5 Å². The molecule has 208 valence electrons. The first kappa shape index (κ1) is 28.5. The maximum atomic E-state index is 13.1. The number of alkyl halides is 3. The summed E-state index contributed by atoms with van der Waals surface area (Å²) < 4.78 is 66.8. The van der Waals surface area contributed by atoms with Gasteiger partial charge in [0.15, 0.2) is 0 Å². The van der Waals surface area contributed by atoms with Crippen LogP contribution in [0.4, 0.5) is 13.2 Å². The summed E-state index contributed by atoms with van der Waals surface area (Å²) in [4.78, 5) is 31.0. The Labute approximate surface area is 225 Å². The number of benzene rings is 2. The molecule has 2 aliphatic rings. The third-order valence-corrected chi connectivity index (χ3v) is 8.57. The van der Waals surface area contributed by atoms with Gasteiger partial charge in [-0.05, 0) is 73.7 Å². The summed E-state index contributed by atoms with van der Waals surface area (Å²) >= 11 is 0. The number of hydrogen-bond acceptors (Lipinski definition) is 5. The van der Waals surface area contributed by atoms with Crippen LogP contribution in [0.5, 0.6) is 0 Å². The molecule has 2 aromatic rings. The van der Waals surface area contributed by atoms with Crippen LogP contribution in [0.2, 0.25) is 0 Å². The smallest absolute Gasteiger partial charge is 0.345 e. The lowest BCUT2D eigenvalue weighted by atomic mass is 9.89. The van der Waals surface area contributed by atoms with E-state index in [0.717, 1.165) is 28.7 Å². The van der Waals surface area contributed by atoms with Crippen molar-refractivity contribution in [3.8, 4) is 0 Å². The molecule has 8 nitrogen and oxygen atoms in total. The second-order valence-corrected chi connectivity index (χ2v) is 11.8. The van der Waals surface area contributed by atoms with Crippen molar-refractivity contribution in [3.63, 3.8) is 0 Å². The second kappa shape index (κ2) is 10.2. The minimum absolute atomic E-state index is 0.0215. The van der Waals surface area contributed by atoms with E-state index in [4.69, 9.17) is 0 Å². The van der Waals surface area contributed by atoms with Crippen LogP contribution in [-0.4, -0.2) is 68.0 Å². The highest BCUT2D eigenvalue weighted by atomic mass is 32.2. The third kappa shape index (κ3) is 5.76. The maximum absolute atomic E-state index is 13.1. The fraction of sp³-hybridized carbons (Fsp3) is 0.370. The van der Waals surface area contributed by atoms with Gasteiger partial charge in [-0.1, -0.05) is 12.1 Å². The molecule has 1 spiro atoms. The Bertz CT molecular complexity index is 1470. The Balaban J connectivity index is 1.49. The molecule has 0 atom stereocenters. The highest BCUT2D eigenvalue weighted by Gasteiger charge is 2.47. The van der Waals surface area contributed by atoms with Crippen molar-refractivity contribution in [2.45, 2.75) is 38.4 Å². The lowest BCUT2D eigenvalue weighted by Crippen LogP contribution is -2.50. The van der Waals surface area contributed by atoms with E-state index >= 15 is 0 Å². The van der Waals surface area contributed by atoms with E-state index < -0.39 is 33.2 Å². The van der Waals surface area contributed by atoms with Crippen LogP contribution in [0.3, 0.4) is 0 Å². The molecule has 0 bridgehead atoms. The first-order valence-corrected chi connectivity index (χ1v) is 13.7. The first-order chi connectivity index (χ1) is 18.1. The van der Waals surface area contributed by atoms with Crippen LogP contribution in [0.15, 0.2) is 46.8 Å². The standard InChI is InChI=1S/C27H29F3N4O4S/c1-17-14-20(24(35)33(3)4)15-18(2)22(17)8-13-39(37,38)34-11-9-26(10-12-34)25(36)31-23(32-26)19-6-5-7-21(16-19)27(28,29)30/h5-8,13-16H,9-12H2,1-4H3,(H,31,32,36)/b13-8+. The predicted molar refractivity (Wildman–Crippen MR) is 142 cm³/mol. The van der Waals surface area contributed by atoms with Gasteiger partial charge < -0.3 is 10.2 Å². The van der Waals surface area contributed by atoms with E-state index in [-0.39, 0.29) is 43.2 Å². The SMILES string of the molecule is Cc1cc(C(=O)N(C)C)cc(C)c1/C=C/S(=O)(=O)N1CCC2(CC1)N=C(c1cccc(C(F)(F)F)c1)NC2=O. The Morgan fingerprint density at radius 2 is 1.72 bits per heavy atom. The van der Waals surface area contributed by atoms with E-state index in [9.17, 15) is 31.2 Å². The van der Waals surface area contributed by atoms with Crippen molar-refractivity contribution < 1.29 is 31.2 Å². The molecular weight excluding hydrogens is 533 g/mol. The molecule has 0 aromatic heterocycles. The summed E-state index contributed by atoms with van der Waals surface area (Å²) in [5.41, 5.74) is 0.754. The number of carbonyl (C=O) groups is 2. The van der Waals surface area contributed by atoms with Crippen LogP contribution in [-0.2, 0) is 21.0 Å². The number of rotatable bonds is 5. The number of halogens is 3. The number of carbonyl (C=O) groups excluding carboxylic acids is 2. The normalized spacial score (nSPS) is 17.9. The van der Waals surface area contributed by atoms with E-state index in [2.05, 4.69) is 10.3 Å². The number of amidine groups is 1. The van der Waals surface area contributed by atoms with Gasteiger partial charge in [-0.25, -0.2) is 8.42 Å². The molecule has 0 unspecified atom stereocenters. The summed E-state index contributed by atoms with van der Waals surface area (Å²) in [6, 6.07) is 7.97. The lowest BCUT2D eigenvalue weighted by molar-refractivity contribution is -0.137. The zero-order valence-corrected chi connectivity index (χ0v) is 22.8. The fourth-order valence-corrected chi connectivity index (χ4v) is 5.98.